The molecule has 0 aromatic rings. The Bertz CT molecular complexity index is 512. The molecule has 1 aliphatic heterocycles. The van der Waals surface area contributed by atoms with E-state index in [4.69, 9.17) is 9.84 Å². The lowest BCUT2D eigenvalue weighted by molar-refractivity contribution is -0.196. The molecule has 2 bridgehead atoms. The third kappa shape index (κ3) is 2.23. The van der Waals surface area contributed by atoms with E-state index in [2.05, 4.69) is 0 Å². The van der Waals surface area contributed by atoms with Crippen LogP contribution < -0.4 is 0 Å². The van der Waals surface area contributed by atoms with Crippen molar-refractivity contribution in [2.24, 2.45) is 5.41 Å². The highest BCUT2D eigenvalue weighted by atomic mass is 16.5. The van der Waals surface area contributed by atoms with Crippen LogP contribution in [-0.4, -0.2) is 56.4 Å². The number of carboxylic acids is 1. The minimum atomic E-state index is -1.49. The quantitative estimate of drug-likeness (QED) is 0.439. The summed E-state index contributed by atoms with van der Waals surface area (Å²) in [6.45, 7) is 5.07. The van der Waals surface area contributed by atoms with Gasteiger partial charge < -0.3 is 25.2 Å². The average molecular weight is 298 g/mol. The second-order valence-corrected chi connectivity index (χ2v) is 6.48. The number of allylic oxidation sites excluding steroid dienone is 2. The minimum Gasteiger partial charge on any atom is -0.478 e. The Balaban J connectivity index is 2.41. The van der Waals surface area contributed by atoms with Gasteiger partial charge in [0.05, 0.1) is 24.2 Å². The lowest BCUT2D eigenvalue weighted by Crippen LogP contribution is -2.67. The van der Waals surface area contributed by atoms with Crippen molar-refractivity contribution in [3.05, 3.63) is 23.8 Å². The number of ether oxygens (including phenoxy) is 1. The predicted molar refractivity (Wildman–Crippen MR) is 74.6 cm³/mol. The van der Waals surface area contributed by atoms with Crippen molar-refractivity contribution in [2.45, 2.75) is 50.6 Å². The number of hydrogen-bond acceptors (Lipinski definition) is 5. The van der Waals surface area contributed by atoms with Crippen LogP contribution in [0.25, 0.3) is 0 Å². The van der Waals surface area contributed by atoms with Crippen LogP contribution in [0.15, 0.2) is 23.8 Å². The molecule has 5 atom stereocenters. The number of aliphatic hydroxyl groups excluding tert-OH is 2. The molecule has 0 spiro atoms. The normalized spacial score (nSPS) is 47.0. The lowest BCUT2D eigenvalue weighted by atomic mass is 9.57. The summed E-state index contributed by atoms with van der Waals surface area (Å²) >= 11 is 0. The molecule has 1 aliphatic carbocycles. The first-order valence-corrected chi connectivity index (χ1v) is 6.89. The van der Waals surface area contributed by atoms with E-state index in [0.29, 0.717) is 5.57 Å². The van der Waals surface area contributed by atoms with E-state index in [1.54, 1.807) is 20.8 Å². The molecule has 4 N–H and O–H groups in total. The third-order valence-corrected chi connectivity index (χ3v) is 4.92. The molecule has 118 valence electrons. The van der Waals surface area contributed by atoms with Crippen LogP contribution in [0.3, 0.4) is 0 Å². The van der Waals surface area contributed by atoms with Crippen molar-refractivity contribution in [1.82, 2.24) is 0 Å². The zero-order chi connectivity index (χ0) is 16.1. The van der Waals surface area contributed by atoms with Crippen molar-refractivity contribution in [1.29, 1.82) is 0 Å². The molecule has 2 aliphatic rings. The van der Waals surface area contributed by atoms with Crippen LogP contribution >= 0.6 is 0 Å². The SMILES string of the molecule is CC(=C/C(=O)O)/C=C/[C@@]1(O)[C@]2(C)C[C@@H](O)[C@H](O)[C@@]1(C)CO2. The molecule has 1 saturated carbocycles. The Hall–Kier alpha value is -1.21. The van der Waals surface area contributed by atoms with Gasteiger partial charge in [-0.25, -0.2) is 4.79 Å². The van der Waals surface area contributed by atoms with Gasteiger partial charge in [-0.3, -0.25) is 0 Å². The molecule has 6 nitrogen and oxygen atoms in total. The molecule has 6 heteroatoms. The van der Waals surface area contributed by atoms with Gasteiger partial charge in [-0.15, -0.1) is 0 Å². The zero-order valence-corrected chi connectivity index (χ0v) is 12.4. The maximum atomic E-state index is 11.1. The number of fused-ring (bicyclic) bond motifs is 2. The monoisotopic (exact) mass is 298 g/mol. The van der Waals surface area contributed by atoms with Crippen LogP contribution in [0.2, 0.25) is 0 Å². The first kappa shape index (κ1) is 16.2. The first-order chi connectivity index (χ1) is 9.56. The van der Waals surface area contributed by atoms with E-state index in [0.717, 1.165) is 6.08 Å². The molecule has 1 heterocycles. The summed E-state index contributed by atoms with van der Waals surface area (Å²) in [5.74, 6) is -1.07. The maximum Gasteiger partial charge on any atom is 0.328 e. The number of carbonyl (C=O) groups is 1. The first-order valence-electron chi connectivity index (χ1n) is 6.89. The van der Waals surface area contributed by atoms with Gasteiger partial charge in [0.2, 0.25) is 0 Å². The molecular formula is C15H22O6. The highest BCUT2D eigenvalue weighted by Gasteiger charge is 2.70. The molecule has 0 amide bonds. The molecule has 1 saturated heterocycles. The average Bonchev–Trinajstić information content (AvgIpc) is 2.51. The summed E-state index contributed by atoms with van der Waals surface area (Å²) in [6.07, 6.45) is 2.03. The van der Waals surface area contributed by atoms with E-state index in [9.17, 15) is 20.1 Å². The van der Waals surface area contributed by atoms with Gasteiger partial charge in [-0.05, 0) is 25.5 Å². The van der Waals surface area contributed by atoms with Crippen LogP contribution in [0.1, 0.15) is 27.2 Å². The number of hydrogen-bond donors (Lipinski definition) is 4. The van der Waals surface area contributed by atoms with Crippen molar-refractivity contribution in [3.63, 3.8) is 0 Å². The molecule has 2 fully saturated rings. The maximum absolute atomic E-state index is 11.1. The molecule has 0 unspecified atom stereocenters. The van der Waals surface area contributed by atoms with Gasteiger partial charge >= 0.3 is 5.97 Å². The van der Waals surface area contributed by atoms with Crippen molar-refractivity contribution in [2.75, 3.05) is 6.61 Å². The van der Waals surface area contributed by atoms with Crippen molar-refractivity contribution in [3.8, 4) is 0 Å². The summed E-state index contributed by atoms with van der Waals surface area (Å²) in [5.41, 5.74) is -3.12. The number of carboxylic acid groups (broad SMARTS) is 1. The molecule has 21 heavy (non-hydrogen) atoms. The van der Waals surface area contributed by atoms with E-state index in [1.807, 2.05) is 0 Å². The summed E-state index contributed by atoms with van der Waals surface area (Å²) in [7, 11) is 0. The Labute approximate surface area is 123 Å². The van der Waals surface area contributed by atoms with Gasteiger partial charge in [0.15, 0.2) is 0 Å². The Kier molecular flexibility index (Phi) is 3.78. The zero-order valence-electron chi connectivity index (χ0n) is 12.4. The van der Waals surface area contributed by atoms with E-state index < -0.39 is 34.8 Å². The van der Waals surface area contributed by atoms with Gasteiger partial charge in [-0.2, -0.15) is 0 Å². The van der Waals surface area contributed by atoms with Crippen molar-refractivity contribution >= 4 is 5.97 Å². The van der Waals surface area contributed by atoms with Gasteiger partial charge in [0.25, 0.3) is 0 Å². The van der Waals surface area contributed by atoms with Crippen LogP contribution in [0.4, 0.5) is 0 Å². The second-order valence-electron chi connectivity index (χ2n) is 6.48. The van der Waals surface area contributed by atoms with E-state index in [-0.39, 0.29) is 13.0 Å². The van der Waals surface area contributed by atoms with E-state index >= 15 is 0 Å². The van der Waals surface area contributed by atoms with Gasteiger partial charge in [-0.1, -0.05) is 13.0 Å². The topological polar surface area (TPSA) is 107 Å². The Morgan fingerprint density at radius 1 is 1.33 bits per heavy atom. The largest absolute Gasteiger partial charge is 0.478 e. The molecule has 0 aromatic carbocycles. The summed E-state index contributed by atoms with van der Waals surface area (Å²) < 4.78 is 5.68. The molecular weight excluding hydrogens is 276 g/mol. The highest BCUT2D eigenvalue weighted by Crippen LogP contribution is 2.57. The fraction of sp³-hybridized carbons (Fsp3) is 0.667. The highest BCUT2D eigenvalue weighted by molar-refractivity contribution is 5.81. The molecule has 2 rings (SSSR count). The predicted octanol–water partition coefficient (Wildman–Crippen LogP) is 0.225. The van der Waals surface area contributed by atoms with Crippen LogP contribution in [0.5, 0.6) is 0 Å². The number of aliphatic carboxylic acids is 1. The second kappa shape index (κ2) is 4.91. The molecule has 0 aromatic heterocycles. The minimum absolute atomic E-state index is 0.103. The van der Waals surface area contributed by atoms with Gasteiger partial charge in [0.1, 0.15) is 11.2 Å². The van der Waals surface area contributed by atoms with Crippen LogP contribution in [-0.2, 0) is 9.53 Å². The van der Waals surface area contributed by atoms with Crippen LogP contribution in [0, 0.1) is 5.41 Å². The lowest BCUT2D eigenvalue weighted by Gasteiger charge is -2.52. The summed E-state index contributed by atoms with van der Waals surface area (Å²) in [5, 5.41) is 40.0. The third-order valence-electron chi connectivity index (χ3n) is 4.92. The van der Waals surface area contributed by atoms with Gasteiger partial charge in [0, 0.05) is 12.5 Å². The summed E-state index contributed by atoms with van der Waals surface area (Å²) in [6, 6.07) is 0. The smallest absolute Gasteiger partial charge is 0.328 e. The molecule has 0 radical (unpaired) electrons. The standard InChI is InChI=1S/C15H22O6/c1-9(6-11(17)18)4-5-15(20)13(2)8-21-14(15,3)7-10(16)12(13)19/h4-6,10,12,16,19-20H,7-8H2,1-3H3,(H,17,18)/b5-4+,9-6-/t10-,12+,13-,14+,15+/m1/s1. The number of rotatable bonds is 3. The van der Waals surface area contributed by atoms with E-state index in [1.165, 1.54) is 12.2 Å². The fourth-order valence-corrected chi connectivity index (χ4v) is 3.46. The fourth-order valence-electron chi connectivity index (χ4n) is 3.46. The summed E-state index contributed by atoms with van der Waals surface area (Å²) in [4.78, 5) is 10.6. The van der Waals surface area contributed by atoms with Crippen molar-refractivity contribution < 1.29 is 30.0 Å². The Morgan fingerprint density at radius 3 is 2.52 bits per heavy atom. The number of aliphatic hydroxyl groups is 3. The Morgan fingerprint density at radius 2 is 1.95 bits per heavy atom.